The highest BCUT2D eigenvalue weighted by Crippen LogP contribution is 2.26. The van der Waals surface area contributed by atoms with Crippen molar-refractivity contribution in [2.45, 2.75) is 32.3 Å². The van der Waals surface area contributed by atoms with E-state index in [-0.39, 0.29) is 18.3 Å². The molecule has 0 bridgehead atoms. The quantitative estimate of drug-likeness (QED) is 0.349. The van der Waals surface area contributed by atoms with Gasteiger partial charge in [-0.1, -0.05) is 24.3 Å². The number of hydrogen-bond donors (Lipinski definition) is 0. The van der Waals surface area contributed by atoms with Crippen LogP contribution in [0.2, 0.25) is 0 Å². The Bertz CT molecular complexity index is 781. The van der Waals surface area contributed by atoms with Crippen LogP contribution in [0.3, 0.4) is 0 Å². The Morgan fingerprint density at radius 1 is 1.24 bits per heavy atom. The fraction of sp³-hybridized carbons (Fsp3) is 0.316. The lowest BCUT2D eigenvalue weighted by Crippen LogP contribution is -2.18. The first-order valence-electron chi connectivity index (χ1n) is 8.14. The van der Waals surface area contributed by atoms with Gasteiger partial charge in [-0.3, -0.25) is 9.59 Å². The van der Waals surface area contributed by atoms with Gasteiger partial charge in [-0.15, -0.1) is 0 Å². The number of rotatable bonds is 6. The Kier molecular flexibility index (Phi) is 5.07. The number of aromatic nitrogens is 1. The average molecular weight is 343 g/mol. The zero-order valence-corrected chi connectivity index (χ0v) is 13.8. The summed E-state index contributed by atoms with van der Waals surface area (Å²) >= 11 is 0. The normalized spacial score (nSPS) is 13.4. The van der Waals surface area contributed by atoms with Crippen molar-refractivity contribution < 1.29 is 23.5 Å². The van der Waals surface area contributed by atoms with Gasteiger partial charge in [-0.25, -0.2) is 4.98 Å². The molecule has 1 heterocycles. The third kappa shape index (κ3) is 4.02. The molecular weight excluding hydrogens is 325 g/mol. The van der Waals surface area contributed by atoms with Crippen LogP contribution in [0.5, 0.6) is 5.75 Å². The molecule has 6 heteroatoms. The number of nitrogens with zero attached hydrogens (tertiary/aromatic N) is 1. The topological polar surface area (TPSA) is 65.5 Å². The largest absolute Gasteiger partial charge is 0.488 e. The summed E-state index contributed by atoms with van der Waals surface area (Å²) in [6.07, 6.45) is 2.14. The molecule has 5 nitrogen and oxygen atoms in total. The predicted octanol–water partition coefficient (Wildman–Crippen LogP) is 2.90. The van der Waals surface area contributed by atoms with Gasteiger partial charge in [0.2, 0.25) is 5.95 Å². The molecule has 2 aromatic rings. The van der Waals surface area contributed by atoms with Crippen molar-refractivity contribution in [3.63, 3.8) is 0 Å². The molecule has 0 unspecified atom stereocenters. The van der Waals surface area contributed by atoms with Crippen LogP contribution in [0.4, 0.5) is 4.39 Å². The maximum absolute atomic E-state index is 13.8. The summed E-state index contributed by atoms with van der Waals surface area (Å²) in [5.41, 5.74) is 2.18. The highest BCUT2D eigenvalue weighted by Gasteiger charge is 2.24. The Labute approximate surface area is 144 Å². The number of ketones is 1. The van der Waals surface area contributed by atoms with E-state index >= 15 is 0 Å². The zero-order chi connectivity index (χ0) is 17.8. The SMILES string of the molecule is CCOC(=O)CC(=O)c1cc(OC2Cc3ccccc3C2)cnc1F. The van der Waals surface area contributed by atoms with Gasteiger partial charge < -0.3 is 9.47 Å². The smallest absolute Gasteiger partial charge is 0.313 e. The van der Waals surface area contributed by atoms with Crippen molar-refractivity contribution in [2.24, 2.45) is 0 Å². The number of carbonyl (C=O) groups is 2. The summed E-state index contributed by atoms with van der Waals surface area (Å²) in [6.45, 7) is 1.80. The lowest BCUT2D eigenvalue weighted by Gasteiger charge is -2.13. The van der Waals surface area contributed by atoms with Crippen LogP contribution in [-0.2, 0) is 22.4 Å². The Morgan fingerprint density at radius 2 is 1.92 bits per heavy atom. The van der Waals surface area contributed by atoms with Crippen LogP contribution in [0, 0.1) is 5.95 Å². The van der Waals surface area contributed by atoms with E-state index in [0.717, 1.165) is 12.8 Å². The third-order valence-corrected chi connectivity index (χ3v) is 4.04. The van der Waals surface area contributed by atoms with Crippen molar-refractivity contribution in [2.75, 3.05) is 6.61 Å². The molecule has 0 saturated heterocycles. The molecule has 0 saturated carbocycles. The van der Waals surface area contributed by atoms with Crippen molar-refractivity contribution in [1.29, 1.82) is 0 Å². The van der Waals surface area contributed by atoms with Crippen LogP contribution in [0.15, 0.2) is 36.5 Å². The Hall–Kier alpha value is -2.76. The molecular formula is C19H18FNO4. The van der Waals surface area contributed by atoms with Crippen molar-refractivity contribution in [3.8, 4) is 5.75 Å². The number of halogens is 1. The Morgan fingerprint density at radius 3 is 2.56 bits per heavy atom. The second-order valence-electron chi connectivity index (χ2n) is 5.83. The molecule has 1 aromatic heterocycles. The summed E-state index contributed by atoms with van der Waals surface area (Å²) in [7, 11) is 0. The molecule has 0 fully saturated rings. The predicted molar refractivity (Wildman–Crippen MR) is 88.0 cm³/mol. The second kappa shape index (κ2) is 7.42. The Balaban J connectivity index is 1.70. The van der Waals surface area contributed by atoms with E-state index in [0.29, 0.717) is 5.75 Å². The van der Waals surface area contributed by atoms with Gasteiger partial charge in [0.25, 0.3) is 0 Å². The molecule has 1 aromatic carbocycles. The molecule has 25 heavy (non-hydrogen) atoms. The summed E-state index contributed by atoms with van der Waals surface area (Å²) in [5, 5.41) is 0. The van der Waals surface area contributed by atoms with Gasteiger partial charge in [0.05, 0.1) is 18.4 Å². The van der Waals surface area contributed by atoms with E-state index in [9.17, 15) is 14.0 Å². The number of pyridine rings is 1. The van der Waals surface area contributed by atoms with Crippen LogP contribution < -0.4 is 4.74 Å². The molecule has 0 N–H and O–H groups in total. The van der Waals surface area contributed by atoms with E-state index in [1.54, 1.807) is 6.92 Å². The maximum atomic E-state index is 13.8. The fourth-order valence-electron chi connectivity index (χ4n) is 2.92. The van der Waals surface area contributed by atoms with Crippen LogP contribution in [0.25, 0.3) is 0 Å². The standard InChI is InChI=1S/C19H18FNO4/c1-2-24-18(23)10-17(22)16-9-15(11-21-19(16)20)25-14-7-12-5-3-4-6-13(12)8-14/h3-6,9,11,14H,2,7-8,10H2,1H3. The molecule has 130 valence electrons. The molecule has 1 aliphatic rings. The summed E-state index contributed by atoms with van der Waals surface area (Å²) in [5.74, 6) is -1.98. The molecule has 0 radical (unpaired) electrons. The first-order chi connectivity index (χ1) is 12.1. The fourth-order valence-corrected chi connectivity index (χ4v) is 2.92. The van der Waals surface area contributed by atoms with Gasteiger partial charge in [0.15, 0.2) is 5.78 Å². The van der Waals surface area contributed by atoms with Crippen LogP contribution in [0.1, 0.15) is 34.8 Å². The van der Waals surface area contributed by atoms with Gasteiger partial charge in [0.1, 0.15) is 18.3 Å². The molecule has 0 atom stereocenters. The van der Waals surface area contributed by atoms with Gasteiger partial charge in [-0.2, -0.15) is 4.39 Å². The van der Waals surface area contributed by atoms with Crippen LogP contribution >= 0.6 is 0 Å². The molecule has 0 amide bonds. The number of Topliss-reactive ketones (excluding diaryl/α,β-unsaturated/α-hetero) is 1. The van der Waals surface area contributed by atoms with Crippen molar-refractivity contribution >= 4 is 11.8 Å². The van der Waals surface area contributed by atoms with E-state index in [4.69, 9.17) is 9.47 Å². The minimum absolute atomic E-state index is 0.0855. The lowest BCUT2D eigenvalue weighted by atomic mass is 10.1. The number of ether oxygens (including phenoxy) is 2. The molecule has 0 spiro atoms. The van der Waals surface area contributed by atoms with Crippen molar-refractivity contribution in [3.05, 3.63) is 59.2 Å². The first kappa shape index (κ1) is 17.1. The van der Waals surface area contributed by atoms with Gasteiger partial charge >= 0.3 is 5.97 Å². The summed E-state index contributed by atoms with van der Waals surface area (Å²) < 4.78 is 24.4. The lowest BCUT2D eigenvalue weighted by molar-refractivity contribution is -0.141. The van der Waals surface area contributed by atoms with Crippen molar-refractivity contribution in [1.82, 2.24) is 4.98 Å². The van der Waals surface area contributed by atoms with E-state index in [1.165, 1.54) is 23.4 Å². The minimum atomic E-state index is -0.920. The van der Waals surface area contributed by atoms with E-state index < -0.39 is 24.1 Å². The highest BCUT2D eigenvalue weighted by atomic mass is 19.1. The van der Waals surface area contributed by atoms with Crippen LogP contribution in [-0.4, -0.2) is 29.4 Å². The minimum Gasteiger partial charge on any atom is -0.488 e. The number of esters is 1. The number of hydrogen-bond acceptors (Lipinski definition) is 5. The first-order valence-corrected chi connectivity index (χ1v) is 8.14. The zero-order valence-electron chi connectivity index (χ0n) is 13.8. The number of fused-ring (bicyclic) bond motifs is 1. The summed E-state index contributed by atoms with van der Waals surface area (Å²) in [6, 6.07) is 9.36. The maximum Gasteiger partial charge on any atom is 0.313 e. The average Bonchev–Trinajstić information content (AvgIpc) is 2.99. The molecule has 0 aliphatic heterocycles. The monoisotopic (exact) mass is 343 g/mol. The third-order valence-electron chi connectivity index (χ3n) is 4.04. The molecule has 3 rings (SSSR count). The van der Waals surface area contributed by atoms with E-state index in [2.05, 4.69) is 17.1 Å². The number of carbonyl (C=O) groups excluding carboxylic acids is 2. The molecule has 1 aliphatic carbocycles. The number of benzene rings is 1. The summed E-state index contributed by atoms with van der Waals surface area (Å²) in [4.78, 5) is 27.1. The van der Waals surface area contributed by atoms with E-state index in [1.807, 2.05) is 12.1 Å². The van der Waals surface area contributed by atoms with Gasteiger partial charge in [0, 0.05) is 12.8 Å². The highest BCUT2D eigenvalue weighted by molar-refractivity contribution is 6.06. The van der Waals surface area contributed by atoms with Gasteiger partial charge in [-0.05, 0) is 24.1 Å². The second-order valence-corrected chi connectivity index (χ2v) is 5.83.